The minimum Gasteiger partial charge on any atom is -0.314 e. The van der Waals surface area contributed by atoms with Gasteiger partial charge in [0.25, 0.3) is 0 Å². The molecule has 14 heavy (non-hydrogen) atoms. The van der Waals surface area contributed by atoms with Crippen LogP contribution in [0, 0.1) is 12.8 Å². The molecule has 0 aliphatic rings. The first-order valence-electron chi connectivity index (χ1n) is 5.24. The zero-order valence-corrected chi connectivity index (χ0v) is 10.3. The Kier molecular flexibility index (Phi) is 4.55. The maximum absolute atomic E-state index is 4.24. The molecule has 1 aromatic rings. The highest BCUT2D eigenvalue weighted by Gasteiger charge is 2.05. The van der Waals surface area contributed by atoms with Crippen molar-refractivity contribution in [3.63, 3.8) is 0 Å². The molecule has 0 fully saturated rings. The molecule has 0 aromatic carbocycles. The summed E-state index contributed by atoms with van der Waals surface area (Å²) in [5.74, 6) is 0.707. The Morgan fingerprint density at radius 2 is 2.14 bits per heavy atom. The first-order valence-corrected chi connectivity index (χ1v) is 6.06. The van der Waals surface area contributed by atoms with E-state index in [2.05, 4.69) is 38.0 Å². The first kappa shape index (κ1) is 11.7. The van der Waals surface area contributed by atoms with Crippen molar-refractivity contribution in [2.75, 3.05) is 6.54 Å². The predicted octanol–water partition coefficient (Wildman–Crippen LogP) is 2.63. The molecule has 1 N–H and O–H groups in total. The van der Waals surface area contributed by atoms with E-state index in [0.29, 0.717) is 12.0 Å². The minimum absolute atomic E-state index is 0.601. The Morgan fingerprint density at radius 1 is 1.43 bits per heavy atom. The Bertz CT molecular complexity index is 268. The summed E-state index contributed by atoms with van der Waals surface area (Å²) < 4.78 is 0. The van der Waals surface area contributed by atoms with Crippen LogP contribution in [0.4, 0.5) is 0 Å². The van der Waals surface area contributed by atoms with Gasteiger partial charge in [-0.15, -0.1) is 11.3 Å². The van der Waals surface area contributed by atoms with E-state index in [1.54, 1.807) is 11.3 Å². The van der Waals surface area contributed by atoms with E-state index in [0.717, 1.165) is 18.0 Å². The van der Waals surface area contributed by atoms with Crippen LogP contribution in [0.3, 0.4) is 0 Å². The lowest BCUT2D eigenvalue weighted by Gasteiger charge is -2.16. The second kappa shape index (κ2) is 5.47. The number of aromatic nitrogens is 1. The summed E-state index contributed by atoms with van der Waals surface area (Å²) in [4.78, 5) is 5.62. The molecule has 0 saturated carbocycles. The molecule has 0 amide bonds. The maximum atomic E-state index is 4.24. The van der Waals surface area contributed by atoms with Gasteiger partial charge in [-0.3, -0.25) is 0 Å². The first-order chi connectivity index (χ1) is 6.59. The molecular formula is C11H20N2S. The fourth-order valence-corrected chi connectivity index (χ4v) is 1.97. The molecule has 80 valence electrons. The summed E-state index contributed by atoms with van der Waals surface area (Å²) in [5, 5.41) is 4.68. The van der Waals surface area contributed by atoms with Crippen molar-refractivity contribution in [2.24, 2.45) is 5.92 Å². The monoisotopic (exact) mass is 212 g/mol. The van der Waals surface area contributed by atoms with Crippen molar-refractivity contribution in [1.82, 2.24) is 10.3 Å². The zero-order chi connectivity index (χ0) is 10.6. The van der Waals surface area contributed by atoms with Gasteiger partial charge in [0.2, 0.25) is 0 Å². The van der Waals surface area contributed by atoms with Gasteiger partial charge in [0.15, 0.2) is 0 Å². The number of rotatable bonds is 5. The molecule has 3 heteroatoms. The van der Waals surface area contributed by atoms with E-state index in [4.69, 9.17) is 0 Å². The quantitative estimate of drug-likeness (QED) is 0.811. The average molecular weight is 212 g/mol. The van der Waals surface area contributed by atoms with Crippen LogP contribution in [-0.4, -0.2) is 17.6 Å². The third-order valence-electron chi connectivity index (χ3n) is 2.51. The molecular weight excluding hydrogens is 192 g/mol. The van der Waals surface area contributed by atoms with Crippen molar-refractivity contribution < 1.29 is 0 Å². The zero-order valence-electron chi connectivity index (χ0n) is 9.50. The van der Waals surface area contributed by atoms with Gasteiger partial charge in [-0.1, -0.05) is 13.8 Å². The van der Waals surface area contributed by atoms with Crippen LogP contribution in [0.25, 0.3) is 0 Å². The average Bonchev–Trinajstić information content (AvgIpc) is 2.51. The molecule has 2 nitrogen and oxygen atoms in total. The number of nitrogens with zero attached hydrogens (tertiary/aromatic N) is 1. The van der Waals surface area contributed by atoms with Crippen molar-refractivity contribution in [1.29, 1.82) is 0 Å². The molecule has 0 radical (unpaired) electrons. The topological polar surface area (TPSA) is 24.9 Å². The Balaban J connectivity index is 2.22. The highest BCUT2D eigenvalue weighted by molar-refractivity contribution is 7.11. The molecule has 1 atom stereocenters. The SMILES string of the molecule is Cc1ncc(CCNC(C)C(C)C)s1. The van der Waals surface area contributed by atoms with Gasteiger partial charge < -0.3 is 5.32 Å². The third kappa shape index (κ3) is 3.76. The predicted molar refractivity (Wildman–Crippen MR) is 62.9 cm³/mol. The van der Waals surface area contributed by atoms with Crippen LogP contribution in [0.5, 0.6) is 0 Å². The van der Waals surface area contributed by atoms with Crippen LogP contribution >= 0.6 is 11.3 Å². The van der Waals surface area contributed by atoms with Crippen LogP contribution in [-0.2, 0) is 6.42 Å². The number of hydrogen-bond donors (Lipinski definition) is 1. The summed E-state index contributed by atoms with van der Waals surface area (Å²) in [6.45, 7) is 9.84. The Labute approximate surface area is 90.8 Å². The smallest absolute Gasteiger partial charge is 0.0896 e. The van der Waals surface area contributed by atoms with Crippen molar-refractivity contribution in [3.8, 4) is 0 Å². The van der Waals surface area contributed by atoms with E-state index >= 15 is 0 Å². The Hall–Kier alpha value is -0.410. The van der Waals surface area contributed by atoms with Crippen LogP contribution in [0.2, 0.25) is 0 Å². The summed E-state index contributed by atoms with van der Waals surface area (Å²) in [5.41, 5.74) is 0. The number of hydrogen-bond acceptors (Lipinski definition) is 3. The second-order valence-electron chi connectivity index (χ2n) is 4.08. The summed E-state index contributed by atoms with van der Waals surface area (Å²) in [6.07, 6.45) is 3.09. The largest absolute Gasteiger partial charge is 0.314 e. The Morgan fingerprint density at radius 3 is 2.64 bits per heavy atom. The van der Waals surface area contributed by atoms with Gasteiger partial charge in [-0.2, -0.15) is 0 Å². The summed E-state index contributed by atoms with van der Waals surface area (Å²) in [7, 11) is 0. The van der Waals surface area contributed by atoms with E-state index in [1.165, 1.54) is 4.88 Å². The van der Waals surface area contributed by atoms with Gasteiger partial charge in [0, 0.05) is 23.7 Å². The van der Waals surface area contributed by atoms with E-state index < -0.39 is 0 Å². The van der Waals surface area contributed by atoms with Crippen molar-refractivity contribution in [3.05, 3.63) is 16.1 Å². The lowest BCUT2D eigenvalue weighted by molar-refractivity contribution is 0.430. The molecule has 1 heterocycles. The van der Waals surface area contributed by atoms with Gasteiger partial charge in [0.1, 0.15) is 0 Å². The molecule has 0 aliphatic heterocycles. The highest BCUT2D eigenvalue weighted by Crippen LogP contribution is 2.11. The van der Waals surface area contributed by atoms with Crippen LogP contribution < -0.4 is 5.32 Å². The van der Waals surface area contributed by atoms with Gasteiger partial charge in [-0.25, -0.2) is 4.98 Å². The highest BCUT2D eigenvalue weighted by atomic mass is 32.1. The number of nitrogens with one attached hydrogen (secondary N) is 1. The van der Waals surface area contributed by atoms with Crippen molar-refractivity contribution >= 4 is 11.3 Å². The summed E-state index contributed by atoms with van der Waals surface area (Å²) in [6, 6.07) is 0.601. The van der Waals surface area contributed by atoms with E-state index in [1.807, 2.05) is 6.20 Å². The standard InChI is InChI=1S/C11H20N2S/c1-8(2)9(3)12-6-5-11-7-13-10(4)14-11/h7-9,12H,5-6H2,1-4H3. The van der Waals surface area contributed by atoms with Gasteiger partial charge >= 0.3 is 0 Å². The molecule has 1 rings (SSSR count). The van der Waals surface area contributed by atoms with Crippen LogP contribution in [0.15, 0.2) is 6.20 Å². The minimum atomic E-state index is 0.601. The van der Waals surface area contributed by atoms with Gasteiger partial charge in [0.05, 0.1) is 5.01 Å². The lowest BCUT2D eigenvalue weighted by Crippen LogP contribution is -2.32. The van der Waals surface area contributed by atoms with Gasteiger partial charge in [-0.05, 0) is 26.2 Å². The maximum Gasteiger partial charge on any atom is 0.0896 e. The van der Waals surface area contributed by atoms with Crippen molar-refractivity contribution in [2.45, 2.75) is 40.2 Å². The lowest BCUT2D eigenvalue weighted by atomic mass is 10.1. The molecule has 0 aliphatic carbocycles. The molecule has 1 aromatic heterocycles. The molecule has 0 bridgehead atoms. The molecule has 0 spiro atoms. The van der Waals surface area contributed by atoms with Crippen LogP contribution in [0.1, 0.15) is 30.7 Å². The number of thiazole rings is 1. The fraction of sp³-hybridized carbons (Fsp3) is 0.727. The fourth-order valence-electron chi connectivity index (χ4n) is 1.18. The summed E-state index contributed by atoms with van der Waals surface area (Å²) >= 11 is 1.80. The normalized spacial score (nSPS) is 13.5. The second-order valence-corrected chi connectivity index (χ2v) is 5.40. The van der Waals surface area contributed by atoms with E-state index in [9.17, 15) is 0 Å². The van der Waals surface area contributed by atoms with E-state index in [-0.39, 0.29) is 0 Å². The molecule has 1 unspecified atom stereocenters. The number of aryl methyl sites for hydroxylation is 1. The molecule has 0 saturated heterocycles. The third-order valence-corrected chi connectivity index (χ3v) is 3.48.